The molecule has 0 radical (unpaired) electrons. The summed E-state index contributed by atoms with van der Waals surface area (Å²) in [6.07, 6.45) is 3.61. The molecule has 0 bridgehead atoms. The van der Waals surface area contributed by atoms with Crippen molar-refractivity contribution in [3.8, 4) is 0 Å². The van der Waals surface area contributed by atoms with E-state index in [-0.39, 0.29) is 5.91 Å². The van der Waals surface area contributed by atoms with Crippen LogP contribution in [0, 0.1) is 5.92 Å². The van der Waals surface area contributed by atoms with Gasteiger partial charge in [0.2, 0.25) is 5.91 Å². The Labute approximate surface area is 165 Å². The molecule has 2 saturated heterocycles. The number of piperidine rings is 1. The number of rotatable bonds is 5. The van der Waals surface area contributed by atoms with Crippen LogP contribution in [0.3, 0.4) is 0 Å². The largest absolute Gasteiger partial charge is 0.381 e. The van der Waals surface area contributed by atoms with E-state index in [4.69, 9.17) is 4.74 Å². The molecule has 5 heteroatoms. The van der Waals surface area contributed by atoms with Gasteiger partial charge >= 0.3 is 0 Å². The highest BCUT2D eigenvalue weighted by Gasteiger charge is 2.42. The summed E-state index contributed by atoms with van der Waals surface area (Å²) in [7, 11) is 0. The van der Waals surface area contributed by atoms with Gasteiger partial charge in [-0.15, -0.1) is 0 Å². The van der Waals surface area contributed by atoms with Gasteiger partial charge in [0.25, 0.3) is 0 Å². The molecule has 4 nitrogen and oxygen atoms in total. The summed E-state index contributed by atoms with van der Waals surface area (Å²) in [5.74, 6) is 0.884. The number of benzene rings is 1. The zero-order valence-corrected chi connectivity index (χ0v) is 17.6. The molecular weight excluding hydrogens is 392 g/mol. The van der Waals surface area contributed by atoms with Crippen LogP contribution in [0.25, 0.3) is 0 Å². The van der Waals surface area contributed by atoms with Gasteiger partial charge < -0.3 is 15.0 Å². The lowest BCUT2D eigenvalue weighted by atomic mass is 9.73. The zero-order chi connectivity index (χ0) is 18.6. The minimum atomic E-state index is -0.450. The van der Waals surface area contributed by atoms with Gasteiger partial charge in [0.15, 0.2) is 0 Å². The molecular formula is C21H31BrN2O2. The van der Waals surface area contributed by atoms with Crippen LogP contribution >= 0.6 is 15.9 Å². The number of nitrogens with zero attached hydrogens (tertiary/aromatic N) is 1. The molecule has 0 unspecified atom stereocenters. The fraction of sp³-hybridized carbons (Fsp3) is 0.667. The molecule has 2 aliphatic rings. The van der Waals surface area contributed by atoms with E-state index in [0.717, 1.165) is 55.4 Å². The molecule has 2 fully saturated rings. The molecule has 1 N–H and O–H groups in total. The summed E-state index contributed by atoms with van der Waals surface area (Å²) in [6.45, 7) is 9.14. The highest BCUT2D eigenvalue weighted by atomic mass is 79.9. The quantitative estimate of drug-likeness (QED) is 0.785. The highest BCUT2D eigenvalue weighted by Crippen LogP contribution is 2.36. The summed E-state index contributed by atoms with van der Waals surface area (Å²) in [6, 6.07) is 8.52. The molecule has 1 aromatic rings. The van der Waals surface area contributed by atoms with E-state index >= 15 is 0 Å². The number of nitrogens with one attached hydrogen (secondary N) is 1. The molecule has 0 spiro atoms. The molecule has 1 amide bonds. The maximum absolute atomic E-state index is 13.3. The van der Waals surface area contributed by atoms with Crippen LogP contribution in [-0.2, 0) is 14.9 Å². The predicted molar refractivity (Wildman–Crippen MR) is 108 cm³/mol. The van der Waals surface area contributed by atoms with Crippen LogP contribution in [0.1, 0.15) is 45.1 Å². The minimum Gasteiger partial charge on any atom is -0.381 e. The van der Waals surface area contributed by atoms with E-state index in [2.05, 4.69) is 52.1 Å². The first-order valence-corrected chi connectivity index (χ1v) is 10.7. The SMILES string of the molecule is CC(C)CN1CCC(NC(=O)C2(c3ccc(Br)cc3)CCOCC2)CC1. The second-order valence-corrected chi connectivity index (χ2v) is 9.06. The smallest absolute Gasteiger partial charge is 0.231 e. The third-order valence-corrected chi connectivity index (χ3v) is 6.25. The topological polar surface area (TPSA) is 41.6 Å². The molecule has 1 aromatic carbocycles. The van der Waals surface area contributed by atoms with E-state index in [1.165, 1.54) is 0 Å². The molecule has 26 heavy (non-hydrogen) atoms. The number of ether oxygens (including phenoxy) is 1. The summed E-state index contributed by atoms with van der Waals surface area (Å²) in [5, 5.41) is 3.38. The van der Waals surface area contributed by atoms with Gasteiger partial charge in [-0.3, -0.25) is 4.79 Å². The van der Waals surface area contributed by atoms with Crippen LogP contribution in [0.2, 0.25) is 0 Å². The van der Waals surface area contributed by atoms with Crippen LogP contribution in [0.5, 0.6) is 0 Å². The molecule has 0 aromatic heterocycles. The van der Waals surface area contributed by atoms with Gasteiger partial charge in [-0.1, -0.05) is 41.9 Å². The molecule has 0 aliphatic carbocycles. The normalized spacial score (nSPS) is 21.7. The Bertz CT molecular complexity index is 589. The van der Waals surface area contributed by atoms with Crippen LogP contribution < -0.4 is 5.32 Å². The number of halogens is 1. The Morgan fingerprint density at radius 3 is 2.42 bits per heavy atom. The fourth-order valence-electron chi connectivity index (χ4n) is 4.24. The average Bonchev–Trinajstić information content (AvgIpc) is 2.64. The maximum atomic E-state index is 13.3. The number of hydrogen-bond donors (Lipinski definition) is 1. The minimum absolute atomic E-state index is 0.186. The van der Waals surface area contributed by atoms with Crippen LogP contribution in [0.15, 0.2) is 28.7 Å². The zero-order valence-electron chi connectivity index (χ0n) is 16.0. The number of carbonyl (C=O) groups is 1. The van der Waals surface area contributed by atoms with Gasteiger partial charge in [-0.25, -0.2) is 0 Å². The summed E-state index contributed by atoms with van der Waals surface area (Å²) < 4.78 is 6.61. The monoisotopic (exact) mass is 422 g/mol. The van der Waals surface area contributed by atoms with E-state index in [0.29, 0.717) is 25.2 Å². The molecule has 3 rings (SSSR count). The number of hydrogen-bond acceptors (Lipinski definition) is 3. The first-order valence-electron chi connectivity index (χ1n) is 9.87. The van der Waals surface area contributed by atoms with Crippen molar-refractivity contribution in [2.45, 2.75) is 51.0 Å². The van der Waals surface area contributed by atoms with Gasteiger partial charge in [-0.2, -0.15) is 0 Å². The van der Waals surface area contributed by atoms with Crippen molar-refractivity contribution in [1.82, 2.24) is 10.2 Å². The van der Waals surface area contributed by atoms with Crippen molar-refractivity contribution in [2.75, 3.05) is 32.8 Å². The lowest BCUT2D eigenvalue weighted by Gasteiger charge is -2.39. The van der Waals surface area contributed by atoms with Crippen LogP contribution in [0.4, 0.5) is 0 Å². The third kappa shape index (κ3) is 4.68. The summed E-state index contributed by atoms with van der Waals surface area (Å²) >= 11 is 3.50. The Hall–Kier alpha value is -0.910. The van der Waals surface area contributed by atoms with Crippen molar-refractivity contribution in [3.63, 3.8) is 0 Å². The first-order chi connectivity index (χ1) is 12.5. The van der Waals surface area contributed by atoms with E-state index in [1.807, 2.05) is 12.1 Å². The summed E-state index contributed by atoms with van der Waals surface area (Å²) in [5.41, 5.74) is 0.660. The van der Waals surface area contributed by atoms with E-state index in [1.54, 1.807) is 0 Å². The van der Waals surface area contributed by atoms with E-state index < -0.39 is 5.41 Å². The van der Waals surface area contributed by atoms with Crippen LogP contribution in [-0.4, -0.2) is 49.7 Å². The third-order valence-electron chi connectivity index (χ3n) is 5.72. The Morgan fingerprint density at radius 1 is 1.23 bits per heavy atom. The molecule has 0 atom stereocenters. The fourth-order valence-corrected chi connectivity index (χ4v) is 4.50. The molecule has 2 heterocycles. The molecule has 144 valence electrons. The van der Waals surface area contributed by atoms with Gasteiger partial charge in [0.1, 0.15) is 0 Å². The standard InChI is InChI=1S/C21H31BrN2O2/c1-16(2)15-24-11-7-19(8-12-24)23-20(25)21(9-13-26-14-10-21)17-3-5-18(22)6-4-17/h3-6,16,19H,7-15H2,1-2H3,(H,23,25). The van der Waals surface area contributed by atoms with Crippen molar-refractivity contribution >= 4 is 21.8 Å². The second-order valence-electron chi connectivity index (χ2n) is 8.14. The Kier molecular flexibility index (Phi) is 6.76. The lowest BCUT2D eigenvalue weighted by Crippen LogP contribution is -2.53. The molecule has 2 aliphatic heterocycles. The number of amides is 1. The van der Waals surface area contributed by atoms with Crippen molar-refractivity contribution in [1.29, 1.82) is 0 Å². The Balaban J connectivity index is 1.66. The predicted octanol–water partition coefficient (Wildman–Crippen LogP) is 3.73. The van der Waals surface area contributed by atoms with Crippen molar-refractivity contribution in [3.05, 3.63) is 34.3 Å². The second kappa shape index (κ2) is 8.85. The maximum Gasteiger partial charge on any atom is 0.231 e. The summed E-state index contributed by atoms with van der Waals surface area (Å²) in [4.78, 5) is 15.9. The number of carbonyl (C=O) groups excluding carboxylic acids is 1. The first kappa shape index (κ1) is 19.8. The van der Waals surface area contributed by atoms with Crippen molar-refractivity contribution in [2.24, 2.45) is 5.92 Å². The molecule has 0 saturated carbocycles. The lowest BCUT2D eigenvalue weighted by molar-refractivity contribution is -0.131. The van der Waals surface area contributed by atoms with Crippen molar-refractivity contribution < 1.29 is 9.53 Å². The van der Waals surface area contributed by atoms with E-state index in [9.17, 15) is 4.79 Å². The van der Waals surface area contributed by atoms with Gasteiger partial charge in [0.05, 0.1) is 5.41 Å². The van der Waals surface area contributed by atoms with Gasteiger partial charge in [0, 0.05) is 43.4 Å². The average molecular weight is 423 g/mol. The number of likely N-dealkylation sites (tertiary alicyclic amines) is 1. The van der Waals surface area contributed by atoms with Gasteiger partial charge in [-0.05, 0) is 49.3 Å². The highest BCUT2D eigenvalue weighted by molar-refractivity contribution is 9.10. The Morgan fingerprint density at radius 2 is 1.85 bits per heavy atom.